The number of nitrogens with one attached hydrogen (secondary N) is 2. The molecule has 0 radical (unpaired) electrons. The van der Waals surface area contributed by atoms with E-state index in [0.717, 1.165) is 5.56 Å². The summed E-state index contributed by atoms with van der Waals surface area (Å²) in [4.78, 5) is 40.7. The first-order valence-electron chi connectivity index (χ1n) is 10.3. The number of carboxylic acid groups (broad SMARTS) is 1. The normalized spacial score (nSPS) is 13.7. The van der Waals surface area contributed by atoms with Crippen LogP contribution in [0.4, 0.5) is 0 Å². The second-order valence-electron chi connectivity index (χ2n) is 7.84. The maximum absolute atomic E-state index is 12.8. The Bertz CT molecular complexity index is 749. The van der Waals surface area contributed by atoms with Crippen molar-refractivity contribution in [3.05, 3.63) is 35.9 Å². The summed E-state index contributed by atoms with van der Waals surface area (Å²) in [6.07, 6.45) is 1.19. The van der Waals surface area contributed by atoms with E-state index in [1.54, 1.807) is 0 Å². The maximum Gasteiger partial charge on any atom is 0.326 e. The van der Waals surface area contributed by atoms with E-state index < -0.39 is 35.9 Å². The van der Waals surface area contributed by atoms with E-state index in [4.69, 9.17) is 17.2 Å². The van der Waals surface area contributed by atoms with Crippen LogP contribution in [-0.4, -0.2) is 53.5 Å². The standard InChI is InChI=1S/C21H34N6O4/c1-13(2)11-17(27-18(28)15(22)12-14-7-4-3-5-8-14)19(29)26-16(20(30)31)9-6-10-25-21(23)24/h3-5,7-8,13,15-17H,6,9-12,22H2,1-2H3,(H,26,29)(H,27,28)(H,30,31)(H4,23,24,25)/t15-,16-,17+/m0/s1. The van der Waals surface area contributed by atoms with E-state index >= 15 is 0 Å². The second kappa shape index (κ2) is 13.2. The summed E-state index contributed by atoms with van der Waals surface area (Å²) < 4.78 is 0. The Hall–Kier alpha value is -3.14. The molecular weight excluding hydrogens is 400 g/mol. The molecule has 0 aliphatic carbocycles. The van der Waals surface area contributed by atoms with Gasteiger partial charge in [0, 0.05) is 6.54 Å². The van der Waals surface area contributed by atoms with Gasteiger partial charge in [0.1, 0.15) is 12.1 Å². The summed E-state index contributed by atoms with van der Waals surface area (Å²) in [7, 11) is 0. The first kappa shape index (κ1) is 25.9. The summed E-state index contributed by atoms with van der Waals surface area (Å²) in [6.45, 7) is 4.06. The number of rotatable bonds is 13. The van der Waals surface area contributed by atoms with Crippen molar-refractivity contribution in [2.45, 2.75) is 57.7 Å². The summed E-state index contributed by atoms with van der Waals surface area (Å²) >= 11 is 0. The third-order valence-corrected chi connectivity index (χ3v) is 4.54. The van der Waals surface area contributed by atoms with Gasteiger partial charge in [-0.1, -0.05) is 44.2 Å². The number of carbonyl (C=O) groups is 3. The molecule has 1 aromatic carbocycles. The molecule has 0 saturated carbocycles. The highest BCUT2D eigenvalue weighted by atomic mass is 16.4. The van der Waals surface area contributed by atoms with Crippen molar-refractivity contribution >= 4 is 23.7 Å². The molecular formula is C21H34N6O4. The molecule has 0 fully saturated rings. The van der Waals surface area contributed by atoms with Crippen molar-refractivity contribution < 1.29 is 19.5 Å². The van der Waals surface area contributed by atoms with Gasteiger partial charge in [0.15, 0.2) is 5.96 Å². The Balaban J connectivity index is 2.74. The fourth-order valence-electron chi connectivity index (χ4n) is 2.98. The van der Waals surface area contributed by atoms with E-state index in [-0.39, 0.29) is 24.8 Å². The molecule has 10 nitrogen and oxygen atoms in total. The van der Waals surface area contributed by atoms with Crippen molar-refractivity contribution in [1.29, 1.82) is 0 Å². The molecule has 9 N–H and O–H groups in total. The fourth-order valence-corrected chi connectivity index (χ4v) is 2.98. The predicted molar refractivity (Wildman–Crippen MR) is 119 cm³/mol. The Morgan fingerprint density at radius 3 is 2.19 bits per heavy atom. The number of carbonyl (C=O) groups excluding carboxylic acids is 2. The highest BCUT2D eigenvalue weighted by Gasteiger charge is 2.28. The lowest BCUT2D eigenvalue weighted by Gasteiger charge is -2.24. The average molecular weight is 435 g/mol. The molecule has 0 unspecified atom stereocenters. The van der Waals surface area contributed by atoms with Gasteiger partial charge < -0.3 is 32.9 Å². The zero-order valence-electron chi connectivity index (χ0n) is 18.1. The van der Waals surface area contributed by atoms with Crippen LogP contribution in [0.15, 0.2) is 35.3 Å². The minimum absolute atomic E-state index is 0.0811. The number of guanidine groups is 1. The molecule has 2 amide bonds. The smallest absolute Gasteiger partial charge is 0.326 e. The molecule has 0 aliphatic heterocycles. The molecule has 3 atom stereocenters. The number of hydrogen-bond donors (Lipinski definition) is 6. The first-order chi connectivity index (χ1) is 14.6. The first-order valence-corrected chi connectivity index (χ1v) is 10.3. The minimum Gasteiger partial charge on any atom is -0.480 e. The van der Waals surface area contributed by atoms with Gasteiger partial charge in [-0.15, -0.1) is 0 Å². The van der Waals surface area contributed by atoms with Crippen molar-refractivity contribution in [2.24, 2.45) is 28.1 Å². The Morgan fingerprint density at radius 2 is 1.65 bits per heavy atom. The van der Waals surface area contributed by atoms with E-state index in [1.807, 2.05) is 44.2 Å². The molecule has 0 heterocycles. The Labute approximate surface area is 182 Å². The van der Waals surface area contributed by atoms with E-state index in [1.165, 1.54) is 0 Å². The van der Waals surface area contributed by atoms with Gasteiger partial charge in [-0.3, -0.25) is 14.6 Å². The molecule has 31 heavy (non-hydrogen) atoms. The zero-order chi connectivity index (χ0) is 23.4. The van der Waals surface area contributed by atoms with Crippen molar-refractivity contribution in [3.8, 4) is 0 Å². The average Bonchev–Trinajstić information content (AvgIpc) is 2.69. The number of amides is 2. The van der Waals surface area contributed by atoms with Crippen LogP contribution >= 0.6 is 0 Å². The zero-order valence-corrected chi connectivity index (χ0v) is 18.1. The lowest BCUT2D eigenvalue weighted by atomic mass is 10.0. The number of benzene rings is 1. The molecule has 172 valence electrons. The molecule has 0 aromatic heterocycles. The van der Waals surface area contributed by atoms with Crippen LogP contribution in [0.2, 0.25) is 0 Å². The summed E-state index contributed by atoms with van der Waals surface area (Å²) in [5, 5.41) is 14.6. The largest absolute Gasteiger partial charge is 0.480 e. The van der Waals surface area contributed by atoms with Crippen LogP contribution in [0.1, 0.15) is 38.7 Å². The van der Waals surface area contributed by atoms with Crippen molar-refractivity contribution in [1.82, 2.24) is 10.6 Å². The van der Waals surface area contributed by atoms with Gasteiger partial charge in [0.2, 0.25) is 11.8 Å². The fraction of sp³-hybridized carbons (Fsp3) is 0.524. The second-order valence-corrected chi connectivity index (χ2v) is 7.84. The SMILES string of the molecule is CC(C)C[C@@H](NC(=O)[C@@H](N)Cc1ccccc1)C(=O)N[C@@H](CCCN=C(N)N)C(=O)O. The highest BCUT2D eigenvalue weighted by Crippen LogP contribution is 2.08. The minimum atomic E-state index is -1.17. The number of hydrogen-bond acceptors (Lipinski definition) is 5. The molecule has 0 bridgehead atoms. The lowest BCUT2D eigenvalue weighted by molar-refractivity contribution is -0.142. The van der Waals surface area contributed by atoms with Crippen LogP contribution in [0.25, 0.3) is 0 Å². The van der Waals surface area contributed by atoms with E-state index in [9.17, 15) is 19.5 Å². The molecule has 0 spiro atoms. The number of aliphatic imine (C=N–C) groups is 1. The third kappa shape index (κ3) is 10.4. The molecule has 10 heteroatoms. The Kier molecular flexibility index (Phi) is 11.0. The van der Waals surface area contributed by atoms with Crippen LogP contribution < -0.4 is 27.8 Å². The van der Waals surface area contributed by atoms with Gasteiger partial charge >= 0.3 is 5.97 Å². The van der Waals surface area contributed by atoms with Gasteiger partial charge in [-0.25, -0.2) is 4.79 Å². The topological polar surface area (TPSA) is 186 Å². The molecule has 1 rings (SSSR count). The van der Waals surface area contributed by atoms with Crippen LogP contribution in [0.3, 0.4) is 0 Å². The Morgan fingerprint density at radius 1 is 1.03 bits per heavy atom. The van der Waals surface area contributed by atoms with Gasteiger partial charge in [0.05, 0.1) is 6.04 Å². The predicted octanol–water partition coefficient (Wildman–Crippen LogP) is -0.290. The van der Waals surface area contributed by atoms with Crippen molar-refractivity contribution in [2.75, 3.05) is 6.54 Å². The molecule has 0 saturated heterocycles. The van der Waals surface area contributed by atoms with Gasteiger partial charge in [-0.2, -0.15) is 0 Å². The summed E-state index contributed by atoms with van der Waals surface area (Å²) in [5.74, 6) is -2.20. The van der Waals surface area contributed by atoms with E-state index in [0.29, 0.717) is 19.3 Å². The number of aliphatic carboxylic acids is 1. The molecule has 0 aliphatic rings. The van der Waals surface area contributed by atoms with Crippen molar-refractivity contribution in [3.63, 3.8) is 0 Å². The number of nitrogens with two attached hydrogens (primary N) is 3. The quantitative estimate of drug-likeness (QED) is 0.140. The van der Waals surface area contributed by atoms with Crippen LogP contribution in [0.5, 0.6) is 0 Å². The highest BCUT2D eigenvalue weighted by molar-refractivity contribution is 5.91. The third-order valence-electron chi connectivity index (χ3n) is 4.54. The summed E-state index contributed by atoms with van der Waals surface area (Å²) in [5.41, 5.74) is 17.4. The van der Waals surface area contributed by atoms with Crippen LogP contribution in [0, 0.1) is 5.92 Å². The number of nitrogens with zero attached hydrogens (tertiary/aromatic N) is 1. The number of carboxylic acids is 1. The van der Waals surface area contributed by atoms with Crippen LogP contribution in [-0.2, 0) is 20.8 Å². The lowest BCUT2D eigenvalue weighted by Crippen LogP contribution is -2.55. The van der Waals surface area contributed by atoms with E-state index in [2.05, 4.69) is 15.6 Å². The summed E-state index contributed by atoms with van der Waals surface area (Å²) in [6, 6.07) is 6.47. The van der Waals surface area contributed by atoms with Gasteiger partial charge in [-0.05, 0) is 37.2 Å². The van der Waals surface area contributed by atoms with Gasteiger partial charge in [0.25, 0.3) is 0 Å². The monoisotopic (exact) mass is 434 g/mol. The maximum atomic E-state index is 12.8. The molecule has 1 aromatic rings.